The van der Waals surface area contributed by atoms with Crippen LogP contribution in [-0.2, 0) is 13.1 Å². The summed E-state index contributed by atoms with van der Waals surface area (Å²) in [6.07, 6.45) is 4.09. The first-order chi connectivity index (χ1) is 8.74. The van der Waals surface area contributed by atoms with Crippen LogP contribution in [0.1, 0.15) is 30.4 Å². The minimum Gasteiger partial charge on any atom is -0.398 e. The second-order valence-corrected chi connectivity index (χ2v) is 5.78. The van der Waals surface area contributed by atoms with Gasteiger partial charge in [-0.1, -0.05) is 18.6 Å². The van der Waals surface area contributed by atoms with Crippen molar-refractivity contribution in [3.8, 4) is 0 Å². The Kier molecular flexibility index (Phi) is 3.27. The Labute approximate surface area is 110 Å². The Balaban J connectivity index is 1.65. The first-order valence-electron chi connectivity index (χ1n) is 7.03. The van der Waals surface area contributed by atoms with Crippen LogP contribution in [0.15, 0.2) is 18.2 Å². The first kappa shape index (κ1) is 12.0. The molecule has 2 heterocycles. The van der Waals surface area contributed by atoms with E-state index in [1.54, 1.807) is 0 Å². The summed E-state index contributed by atoms with van der Waals surface area (Å²) in [5, 5.41) is 0. The molecule has 18 heavy (non-hydrogen) atoms. The molecule has 1 saturated heterocycles. The third-order valence-corrected chi connectivity index (χ3v) is 4.48. The topological polar surface area (TPSA) is 32.5 Å². The predicted molar refractivity (Wildman–Crippen MR) is 75.2 cm³/mol. The highest BCUT2D eigenvalue weighted by atomic mass is 15.2. The van der Waals surface area contributed by atoms with Crippen LogP contribution < -0.4 is 5.73 Å². The van der Waals surface area contributed by atoms with Crippen molar-refractivity contribution in [1.82, 2.24) is 9.80 Å². The molecule has 3 nitrogen and oxygen atoms in total. The van der Waals surface area contributed by atoms with Crippen molar-refractivity contribution in [1.29, 1.82) is 0 Å². The number of nitrogens with two attached hydrogens (primary N) is 1. The standard InChI is InChI=1S/C15H23N3/c1-17-8-3-2-6-13(17)10-18-9-12-5-4-7-15(16)14(12)11-18/h4-5,7,13H,2-3,6,8-11,16H2,1H3. The van der Waals surface area contributed by atoms with Crippen LogP contribution in [0.25, 0.3) is 0 Å². The average Bonchev–Trinajstić information content (AvgIpc) is 2.76. The maximum Gasteiger partial charge on any atom is 0.0363 e. The molecule has 1 fully saturated rings. The van der Waals surface area contributed by atoms with E-state index >= 15 is 0 Å². The number of rotatable bonds is 2. The summed E-state index contributed by atoms with van der Waals surface area (Å²) in [6.45, 7) is 4.55. The fourth-order valence-electron chi connectivity index (χ4n) is 3.32. The number of piperidine rings is 1. The highest BCUT2D eigenvalue weighted by Crippen LogP contribution is 2.28. The summed E-state index contributed by atoms with van der Waals surface area (Å²) in [4.78, 5) is 5.07. The fraction of sp³-hybridized carbons (Fsp3) is 0.600. The smallest absolute Gasteiger partial charge is 0.0363 e. The maximum atomic E-state index is 6.06. The normalized spacial score (nSPS) is 25.3. The summed E-state index contributed by atoms with van der Waals surface area (Å²) < 4.78 is 0. The second-order valence-electron chi connectivity index (χ2n) is 5.78. The molecule has 0 amide bonds. The molecule has 2 aliphatic rings. The van der Waals surface area contributed by atoms with Crippen molar-refractivity contribution in [3.05, 3.63) is 29.3 Å². The van der Waals surface area contributed by atoms with E-state index in [9.17, 15) is 0 Å². The monoisotopic (exact) mass is 245 g/mol. The van der Waals surface area contributed by atoms with Gasteiger partial charge in [0.05, 0.1) is 0 Å². The van der Waals surface area contributed by atoms with Crippen LogP contribution in [0.4, 0.5) is 5.69 Å². The predicted octanol–water partition coefficient (Wildman–Crippen LogP) is 2.07. The molecule has 0 aromatic heterocycles. The zero-order valence-corrected chi connectivity index (χ0v) is 11.2. The van der Waals surface area contributed by atoms with Gasteiger partial charge in [0.15, 0.2) is 0 Å². The Morgan fingerprint density at radius 2 is 2.17 bits per heavy atom. The van der Waals surface area contributed by atoms with E-state index in [1.165, 1.54) is 43.5 Å². The lowest BCUT2D eigenvalue weighted by atomic mass is 10.0. The van der Waals surface area contributed by atoms with E-state index in [0.717, 1.165) is 24.8 Å². The van der Waals surface area contributed by atoms with Crippen molar-refractivity contribution in [2.24, 2.45) is 0 Å². The first-order valence-corrected chi connectivity index (χ1v) is 7.03. The number of nitrogens with zero attached hydrogens (tertiary/aromatic N) is 2. The Morgan fingerprint density at radius 1 is 1.28 bits per heavy atom. The fourth-order valence-corrected chi connectivity index (χ4v) is 3.32. The molecule has 3 rings (SSSR count). The molecular weight excluding hydrogens is 222 g/mol. The van der Waals surface area contributed by atoms with Crippen molar-refractivity contribution in [3.63, 3.8) is 0 Å². The maximum absolute atomic E-state index is 6.06. The molecule has 0 aliphatic carbocycles. The molecule has 1 aromatic carbocycles. The molecule has 98 valence electrons. The third-order valence-electron chi connectivity index (χ3n) is 4.48. The van der Waals surface area contributed by atoms with Gasteiger partial charge in [-0.2, -0.15) is 0 Å². The highest BCUT2D eigenvalue weighted by Gasteiger charge is 2.26. The van der Waals surface area contributed by atoms with Crippen LogP contribution in [-0.4, -0.2) is 36.0 Å². The zero-order chi connectivity index (χ0) is 12.5. The van der Waals surface area contributed by atoms with Gasteiger partial charge < -0.3 is 10.6 Å². The van der Waals surface area contributed by atoms with Crippen LogP contribution in [0, 0.1) is 0 Å². The summed E-state index contributed by atoms with van der Waals surface area (Å²) >= 11 is 0. The SMILES string of the molecule is CN1CCCCC1CN1Cc2cccc(N)c2C1. The summed E-state index contributed by atoms with van der Waals surface area (Å²) in [5.41, 5.74) is 9.80. The van der Waals surface area contributed by atoms with Gasteiger partial charge in [-0.15, -0.1) is 0 Å². The molecule has 1 aromatic rings. The van der Waals surface area contributed by atoms with Crippen molar-refractivity contribution >= 4 is 5.69 Å². The Hall–Kier alpha value is -1.06. The number of hydrogen-bond donors (Lipinski definition) is 1. The number of nitrogen functional groups attached to an aromatic ring is 1. The van der Waals surface area contributed by atoms with E-state index in [2.05, 4.69) is 29.0 Å². The molecule has 1 atom stereocenters. The number of fused-ring (bicyclic) bond motifs is 1. The summed E-state index contributed by atoms with van der Waals surface area (Å²) in [7, 11) is 2.27. The third kappa shape index (κ3) is 2.25. The van der Waals surface area contributed by atoms with Crippen molar-refractivity contribution < 1.29 is 0 Å². The zero-order valence-electron chi connectivity index (χ0n) is 11.2. The van der Waals surface area contributed by atoms with Gasteiger partial charge in [-0.3, -0.25) is 4.90 Å². The number of anilines is 1. The quantitative estimate of drug-likeness (QED) is 0.810. The van der Waals surface area contributed by atoms with Gasteiger partial charge >= 0.3 is 0 Å². The lowest BCUT2D eigenvalue weighted by Gasteiger charge is -2.35. The van der Waals surface area contributed by atoms with Crippen molar-refractivity contribution in [2.45, 2.75) is 38.4 Å². The van der Waals surface area contributed by atoms with E-state index in [1.807, 2.05) is 6.07 Å². The molecule has 1 unspecified atom stereocenters. The van der Waals surface area contributed by atoms with E-state index in [4.69, 9.17) is 5.73 Å². The van der Waals surface area contributed by atoms with E-state index in [-0.39, 0.29) is 0 Å². The van der Waals surface area contributed by atoms with Gasteiger partial charge in [0.25, 0.3) is 0 Å². The molecule has 0 spiro atoms. The largest absolute Gasteiger partial charge is 0.398 e. The highest BCUT2D eigenvalue weighted by molar-refractivity contribution is 5.52. The Bertz CT molecular complexity index is 430. The van der Waals surface area contributed by atoms with Gasteiger partial charge in [-0.25, -0.2) is 0 Å². The van der Waals surface area contributed by atoms with Gasteiger partial charge in [0, 0.05) is 31.4 Å². The van der Waals surface area contributed by atoms with E-state index < -0.39 is 0 Å². The average molecular weight is 245 g/mol. The molecule has 0 bridgehead atoms. The minimum atomic E-state index is 0.731. The van der Waals surface area contributed by atoms with Gasteiger partial charge in [-0.05, 0) is 43.6 Å². The molecule has 2 aliphatic heterocycles. The molecule has 0 saturated carbocycles. The minimum absolute atomic E-state index is 0.731. The second kappa shape index (κ2) is 4.90. The van der Waals surface area contributed by atoms with Crippen LogP contribution in [0.2, 0.25) is 0 Å². The van der Waals surface area contributed by atoms with Gasteiger partial charge in [0.1, 0.15) is 0 Å². The summed E-state index contributed by atoms with van der Waals surface area (Å²) in [5.74, 6) is 0. The molecule has 3 heteroatoms. The van der Waals surface area contributed by atoms with Crippen LogP contribution in [0.3, 0.4) is 0 Å². The number of benzene rings is 1. The number of hydrogen-bond acceptors (Lipinski definition) is 3. The van der Waals surface area contributed by atoms with Crippen molar-refractivity contribution in [2.75, 3.05) is 25.9 Å². The molecular formula is C15H23N3. The van der Waals surface area contributed by atoms with E-state index in [0.29, 0.717) is 0 Å². The Morgan fingerprint density at radius 3 is 2.94 bits per heavy atom. The lowest BCUT2D eigenvalue weighted by Crippen LogP contribution is -2.43. The number of likely N-dealkylation sites (N-methyl/N-ethyl adjacent to an activating group) is 1. The molecule has 0 radical (unpaired) electrons. The molecule has 2 N–H and O–H groups in total. The number of likely N-dealkylation sites (tertiary alicyclic amines) is 1. The van der Waals surface area contributed by atoms with Crippen LogP contribution >= 0.6 is 0 Å². The lowest BCUT2D eigenvalue weighted by molar-refractivity contribution is 0.128. The van der Waals surface area contributed by atoms with Gasteiger partial charge in [0.2, 0.25) is 0 Å². The summed E-state index contributed by atoms with van der Waals surface area (Å²) in [6, 6.07) is 7.05. The van der Waals surface area contributed by atoms with Crippen LogP contribution in [0.5, 0.6) is 0 Å².